The van der Waals surface area contributed by atoms with E-state index in [0.29, 0.717) is 24.7 Å². The number of ether oxygens (including phenoxy) is 1. The number of fused-ring (bicyclic) bond motifs is 2. The van der Waals surface area contributed by atoms with Gasteiger partial charge in [-0.15, -0.1) is 0 Å². The van der Waals surface area contributed by atoms with Gasteiger partial charge in [0.25, 0.3) is 5.56 Å². The van der Waals surface area contributed by atoms with E-state index in [4.69, 9.17) is 9.15 Å². The molecule has 136 valence electrons. The van der Waals surface area contributed by atoms with Gasteiger partial charge < -0.3 is 14.1 Å². The van der Waals surface area contributed by atoms with Crippen LogP contribution >= 0.6 is 0 Å². The molecule has 1 aromatic carbocycles. The van der Waals surface area contributed by atoms with Crippen molar-refractivity contribution >= 4 is 6.08 Å². The molecule has 3 aromatic rings. The molecule has 5 rings (SSSR count). The van der Waals surface area contributed by atoms with Crippen LogP contribution in [0.4, 0.5) is 0 Å². The second kappa shape index (κ2) is 6.55. The molecule has 1 N–H and O–H groups in total. The fourth-order valence-electron chi connectivity index (χ4n) is 3.69. The largest absolute Gasteiger partial charge is 0.489 e. The first kappa shape index (κ1) is 16.1. The molecule has 4 heterocycles. The highest BCUT2D eigenvalue weighted by molar-refractivity contribution is 5.62. The summed E-state index contributed by atoms with van der Waals surface area (Å²) in [6.45, 7) is 2.83. The fourth-order valence-corrected chi connectivity index (χ4v) is 3.69. The number of aromatic amines is 1. The number of para-hydroxylation sites is 1. The van der Waals surface area contributed by atoms with Crippen molar-refractivity contribution in [3.8, 4) is 17.3 Å². The maximum Gasteiger partial charge on any atom is 0.256 e. The van der Waals surface area contributed by atoms with E-state index in [1.165, 1.54) is 5.57 Å². The third-order valence-electron chi connectivity index (χ3n) is 5.02. The molecule has 0 bridgehead atoms. The molecule has 0 amide bonds. The summed E-state index contributed by atoms with van der Waals surface area (Å²) in [5, 5.41) is 0. The summed E-state index contributed by atoms with van der Waals surface area (Å²) in [6, 6.07) is 11.6. The zero-order valence-electron chi connectivity index (χ0n) is 14.8. The van der Waals surface area contributed by atoms with E-state index in [0.717, 1.165) is 42.1 Å². The number of aromatic nitrogens is 2. The minimum Gasteiger partial charge on any atom is -0.489 e. The second-order valence-corrected chi connectivity index (χ2v) is 6.91. The number of benzene rings is 1. The molecule has 0 unspecified atom stereocenters. The van der Waals surface area contributed by atoms with Crippen LogP contribution in [0, 0.1) is 0 Å². The lowest BCUT2D eigenvalue weighted by Gasteiger charge is -2.29. The van der Waals surface area contributed by atoms with Gasteiger partial charge in [-0.25, -0.2) is 4.98 Å². The predicted octanol–water partition coefficient (Wildman–Crippen LogP) is 2.86. The van der Waals surface area contributed by atoms with Crippen molar-refractivity contribution in [1.29, 1.82) is 0 Å². The van der Waals surface area contributed by atoms with Gasteiger partial charge in [-0.2, -0.15) is 0 Å². The van der Waals surface area contributed by atoms with E-state index in [-0.39, 0.29) is 5.56 Å². The number of furan rings is 1. The molecule has 6 nitrogen and oxygen atoms in total. The van der Waals surface area contributed by atoms with Gasteiger partial charge in [0.15, 0.2) is 11.6 Å². The summed E-state index contributed by atoms with van der Waals surface area (Å²) in [5.74, 6) is 2.01. The summed E-state index contributed by atoms with van der Waals surface area (Å²) in [7, 11) is 0. The first-order valence-corrected chi connectivity index (χ1v) is 9.06. The lowest BCUT2D eigenvalue weighted by Crippen LogP contribution is -2.37. The Morgan fingerprint density at radius 1 is 1.19 bits per heavy atom. The second-order valence-electron chi connectivity index (χ2n) is 6.91. The molecule has 0 spiro atoms. The van der Waals surface area contributed by atoms with Crippen LogP contribution in [0.5, 0.6) is 5.75 Å². The molecule has 0 fully saturated rings. The van der Waals surface area contributed by atoms with Crippen molar-refractivity contribution in [2.75, 3.05) is 19.7 Å². The molecule has 6 heteroatoms. The summed E-state index contributed by atoms with van der Waals surface area (Å²) in [4.78, 5) is 22.3. The van der Waals surface area contributed by atoms with Gasteiger partial charge in [0.05, 0.1) is 17.5 Å². The summed E-state index contributed by atoms with van der Waals surface area (Å²) >= 11 is 0. The van der Waals surface area contributed by atoms with Crippen LogP contribution in [-0.4, -0.2) is 34.6 Å². The number of nitrogens with zero attached hydrogens (tertiary/aromatic N) is 2. The van der Waals surface area contributed by atoms with Crippen molar-refractivity contribution in [3.63, 3.8) is 0 Å². The fraction of sp³-hybridized carbons (Fsp3) is 0.238. The first-order valence-electron chi connectivity index (χ1n) is 9.06. The van der Waals surface area contributed by atoms with Crippen molar-refractivity contribution in [3.05, 3.63) is 75.4 Å². The molecule has 0 saturated carbocycles. The Balaban J connectivity index is 1.36. The molecule has 27 heavy (non-hydrogen) atoms. The number of H-pyrrole nitrogens is 1. The van der Waals surface area contributed by atoms with E-state index in [1.807, 2.05) is 18.2 Å². The minimum absolute atomic E-state index is 0.0877. The van der Waals surface area contributed by atoms with Gasteiger partial charge in [0.2, 0.25) is 0 Å². The molecule has 0 radical (unpaired) electrons. The Morgan fingerprint density at radius 3 is 3.00 bits per heavy atom. The Labute approximate surface area is 156 Å². The zero-order valence-corrected chi connectivity index (χ0v) is 14.8. The number of rotatable bonds is 3. The molecular weight excluding hydrogens is 342 g/mol. The van der Waals surface area contributed by atoms with Gasteiger partial charge >= 0.3 is 0 Å². The van der Waals surface area contributed by atoms with E-state index in [2.05, 4.69) is 27.0 Å². The number of hydrogen-bond donors (Lipinski definition) is 1. The van der Waals surface area contributed by atoms with Crippen LogP contribution in [0.1, 0.15) is 16.8 Å². The van der Waals surface area contributed by atoms with Gasteiger partial charge in [-0.05, 0) is 29.8 Å². The van der Waals surface area contributed by atoms with E-state index >= 15 is 0 Å². The summed E-state index contributed by atoms with van der Waals surface area (Å²) < 4.78 is 11.2. The van der Waals surface area contributed by atoms with Crippen LogP contribution in [0.25, 0.3) is 17.7 Å². The maximum atomic E-state index is 12.6. The molecule has 2 aromatic heterocycles. The monoisotopic (exact) mass is 361 g/mol. The Bertz CT molecular complexity index is 1070. The Kier molecular flexibility index (Phi) is 3.90. The van der Waals surface area contributed by atoms with Gasteiger partial charge in [0, 0.05) is 31.6 Å². The zero-order chi connectivity index (χ0) is 18.2. The van der Waals surface area contributed by atoms with Crippen molar-refractivity contribution in [2.45, 2.75) is 13.0 Å². The summed E-state index contributed by atoms with van der Waals surface area (Å²) in [5.41, 5.74) is 3.85. The molecule has 0 atom stereocenters. The van der Waals surface area contributed by atoms with Crippen molar-refractivity contribution in [1.82, 2.24) is 14.9 Å². The molecular formula is C21H19N3O3. The minimum atomic E-state index is -0.0877. The standard InChI is InChI=1S/C21H19N3O3/c25-21-16-12-24(11-14-10-15-4-1-2-5-18(15)27-13-14)8-7-17(16)22-20(23-21)19-6-3-9-26-19/h1-6,9-10H,7-8,11-13H2,(H,22,23,25). The molecule has 0 aliphatic carbocycles. The lowest BCUT2D eigenvalue weighted by atomic mass is 10.0. The van der Waals surface area contributed by atoms with Gasteiger partial charge in [0.1, 0.15) is 12.4 Å². The maximum absolute atomic E-state index is 12.6. The third-order valence-corrected chi connectivity index (χ3v) is 5.02. The van der Waals surface area contributed by atoms with Crippen molar-refractivity contribution in [2.24, 2.45) is 0 Å². The third kappa shape index (κ3) is 3.08. The quantitative estimate of drug-likeness (QED) is 0.777. The average Bonchev–Trinajstić information content (AvgIpc) is 3.23. The van der Waals surface area contributed by atoms with E-state index < -0.39 is 0 Å². The lowest BCUT2D eigenvalue weighted by molar-refractivity contribution is 0.254. The molecule has 0 saturated heterocycles. The predicted molar refractivity (Wildman–Crippen MR) is 101 cm³/mol. The van der Waals surface area contributed by atoms with Crippen LogP contribution in [0.3, 0.4) is 0 Å². The normalized spacial score (nSPS) is 16.2. The van der Waals surface area contributed by atoms with Crippen LogP contribution in [0.15, 0.2) is 57.4 Å². The number of nitrogens with one attached hydrogen (secondary N) is 1. The van der Waals surface area contributed by atoms with E-state index in [9.17, 15) is 4.79 Å². The number of hydrogen-bond acceptors (Lipinski definition) is 5. The van der Waals surface area contributed by atoms with Crippen LogP contribution in [-0.2, 0) is 13.0 Å². The highest BCUT2D eigenvalue weighted by Gasteiger charge is 2.23. The van der Waals surface area contributed by atoms with E-state index in [1.54, 1.807) is 18.4 Å². The first-order chi connectivity index (χ1) is 13.3. The topological polar surface area (TPSA) is 71.4 Å². The Morgan fingerprint density at radius 2 is 2.11 bits per heavy atom. The van der Waals surface area contributed by atoms with Gasteiger partial charge in [-0.1, -0.05) is 18.2 Å². The Hall–Kier alpha value is -3.12. The van der Waals surface area contributed by atoms with Gasteiger partial charge in [-0.3, -0.25) is 9.69 Å². The molecule has 2 aliphatic heterocycles. The van der Waals surface area contributed by atoms with Crippen molar-refractivity contribution < 1.29 is 9.15 Å². The highest BCUT2D eigenvalue weighted by Crippen LogP contribution is 2.27. The SMILES string of the molecule is O=c1[nH]c(-c2ccco2)nc2c1CN(CC1=Cc3ccccc3OC1)CC2. The summed E-state index contributed by atoms with van der Waals surface area (Å²) in [6.07, 6.45) is 4.52. The smallest absolute Gasteiger partial charge is 0.256 e. The highest BCUT2D eigenvalue weighted by atomic mass is 16.5. The molecule has 2 aliphatic rings. The van der Waals surface area contributed by atoms with Crippen LogP contribution < -0.4 is 10.3 Å². The average molecular weight is 361 g/mol. The van der Waals surface area contributed by atoms with Crippen LogP contribution in [0.2, 0.25) is 0 Å².